The first kappa shape index (κ1) is 20.3. The highest BCUT2D eigenvalue weighted by Crippen LogP contribution is 2.31. The van der Waals surface area contributed by atoms with Crippen LogP contribution in [0.1, 0.15) is 10.4 Å². The quantitative estimate of drug-likeness (QED) is 0.438. The lowest BCUT2D eigenvalue weighted by Gasteiger charge is -2.11. The lowest BCUT2D eigenvalue weighted by Crippen LogP contribution is -2.23. The zero-order valence-electron chi connectivity index (χ0n) is 16.5. The van der Waals surface area contributed by atoms with Gasteiger partial charge < -0.3 is 24.9 Å². The predicted molar refractivity (Wildman–Crippen MR) is 116 cm³/mol. The number of aromatic hydroxyl groups is 1. The Bertz CT molecular complexity index is 1340. The van der Waals surface area contributed by atoms with Gasteiger partial charge in [-0.2, -0.15) is 5.10 Å². The van der Waals surface area contributed by atoms with E-state index in [1.165, 1.54) is 25.1 Å². The molecule has 2 aromatic carbocycles. The van der Waals surface area contributed by atoms with Crippen LogP contribution >= 0.6 is 11.6 Å². The molecule has 158 valence electrons. The van der Waals surface area contributed by atoms with Crippen molar-refractivity contribution in [1.29, 1.82) is 0 Å². The lowest BCUT2D eigenvalue weighted by atomic mass is 10.2. The second kappa shape index (κ2) is 8.04. The number of amides is 1. The Morgan fingerprint density at radius 2 is 1.84 bits per heavy atom. The topological polar surface area (TPSA) is 118 Å². The molecule has 4 aromatic rings. The molecule has 3 N–H and O–H groups in total. The SMILES string of the molecule is COc1ccc(NC(=O)c2c(O)c3cnn(-c4ccc(Cl)cc4)c3[nH]c2=O)cc1OC. The molecule has 0 spiro atoms. The molecule has 0 saturated heterocycles. The fourth-order valence-corrected chi connectivity index (χ4v) is 3.28. The zero-order chi connectivity index (χ0) is 22.1. The average molecular weight is 441 g/mol. The Balaban J connectivity index is 1.72. The van der Waals surface area contributed by atoms with Crippen LogP contribution in [0.2, 0.25) is 5.02 Å². The number of anilines is 1. The fraction of sp³-hybridized carbons (Fsp3) is 0.0952. The number of benzene rings is 2. The number of nitrogens with one attached hydrogen (secondary N) is 2. The number of hydrogen-bond donors (Lipinski definition) is 3. The lowest BCUT2D eigenvalue weighted by molar-refractivity contribution is 0.102. The van der Waals surface area contributed by atoms with Crippen molar-refractivity contribution in [2.45, 2.75) is 0 Å². The van der Waals surface area contributed by atoms with Gasteiger partial charge in [-0.3, -0.25) is 9.59 Å². The summed E-state index contributed by atoms with van der Waals surface area (Å²) < 4.78 is 11.8. The molecule has 0 aliphatic rings. The van der Waals surface area contributed by atoms with Gasteiger partial charge in [-0.05, 0) is 36.4 Å². The summed E-state index contributed by atoms with van der Waals surface area (Å²) in [7, 11) is 2.96. The van der Waals surface area contributed by atoms with Crippen LogP contribution < -0.4 is 20.3 Å². The first-order chi connectivity index (χ1) is 14.9. The van der Waals surface area contributed by atoms with Crippen LogP contribution in [0.25, 0.3) is 16.7 Å². The van der Waals surface area contributed by atoms with Gasteiger partial charge in [0.2, 0.25) is 0 Å². The largest absolute Gasteiger partial charge is 0.506 e. The second-order valence-electron chi connectivity index (χ2n) is 6.50. The smallest absolute Gasteiger partial charge is 0.266 e. The molecule has 0 bridgehead atoms. The van der Waals surface area contributed by atoms with Gasteiger partial charge in [-0.1, -0.05) is 11.6 Å². The van der Waals surface area contributed by atoms with E-state index < -0.39 is 22.8 Å². The number of carbonyl (C=O) groups is 1. The van der Waals surface area contributed by atoms with E-state index in [0.29, 0.717) is 27.9 Å². The minimum atomic E-state index is -0.785. The minimum absolute atomic E-state index is 0.215. The molecule has 2 heterocycles. The molecule has 2 aromatic heterocycles. The molecular weight excluding hydrogens is 424 g/mol. The van der Waals surface area contributed by atoms with Crippen LogP contribution in [0.15, 0.2) is 53.5 Å². The first-order valence-corrected chi connectivity index (χ1v) is 9.43. The highest BCUT2D eigenvalue weighted by Gasteiger charge is 2.22. The van der Waals surface area contributed by atoms with E-state index in [1.54, 1.807) is 42.5 Å². The number of hydrogen-bond acceptors (Lipinski definition) is 6. The molecule has 4 rings (SSSR count). The predicted octanol–water partition coefficient (Wildman–Crippen LogP) is 3.34. The van der Waals surface area contributed by atoms with E-state index in [-0.39, 0.29) is 11.0 Å². The molecule has 9 nitrogen and oxygen atoms in total. The van der Waals surface area contributed by atoms with Gasteiger partial charge in [-0.15, -0.1) is 0 Å². The summed E-state index contributed by atoms with van der Waals surface area (Å²) in [5.41, 5.74) is 0.0273. The Kier molecular flexibility index (Phi) is 5.26. The molecule has 0 saturated carbocycles. The van der Waals surface area contributed by atoms with Crippen molar-refractivity contribution in [3.63, 3.8) is 0 Å². The summed E-state index contributed by atoms with van der Waals surface area (Å²) in [6.45, 7) is 0. The van der Waals surface area contributed by atoms with Crippen molar-refractivity contribution in [1.82, 2.24) is 14.8 Å². The van der Waals surface area contributed by atoms with Crippen molar-refractivity contribution in [2.75, 3.05) is 19.5 Å². The summed E-state index contributed by atoms with van der Waals surface area (Å²) in [6.07, 6.45) is 1.36. The van der Waals surface area contributed by atoms with Crippen molar-refractivity contribution in [3.05, 3.63) is 69.6 Å². The maximum absolute atomic E-state index is 12.8. The highest BCUT2D eigenvalue weighted by atomic mass is 35.5. The van der Waals surface area contributed by atoms with Crippen LogP contribution in [-0.2, 0) is 0 Å². The number of H-pyrrole nitrogens is 1. The third-order valence-electron chi connectivity index (χ3n) is 4.66. The summed E-state index contributed by atoms with van der Waals surface area (Å²) in [5, 5.41) is 18.2. The molecule has 31 heavy (non-hydrogen) atoms. The summed E-state index contributed by atoms with van der Waals surface area (Å²) >= 11 is 5.91. The molecule has 0 unspecified atom stereocenters. The molecule has 1 amide bonds. The molecule has 0 aliphatic heterocycles. The normalized spacial score (nSPS) is 10.8. The Morgan fingerprint density at radius 1 is 1.13 bits per heavy atom. The van der Waals surface area contributed by atoms with Crippen LogP contribution in [0, 0.1) is 0 Å². The number of ether oxygens (including phenoxy) is 2. The Morgan fingerprint density at radius 3 is 2.52 bits per heavy atom. The molecule has 0 fully saturated rings. The van der Waals surface area contributed by atoms with Gasteiger partial charge in [0.15, 0.2) is 11.5 Å². The van der Waals surface area contributed by atoms with Crippen LogP contribution in [0.3, 0.4) is 0 Å². The summed E-state index contributed by atoms with van der Waals surface area (Å²) in [5.74, 6) is -0.376. The minimum Gasteiger partial charge on any atom is -0.506 e. The third kappa shape index (κ3) is 3.66. The number of pyridine rings is 1. The number of carbonyl (C=O) groups excluding carboxylic acids is 1. The van der Waals surface area contributed by atoms with Crippen LogP contribution in [0.4, 0.5) is 5.69 Å². The van der Waals surface area contributed by atoms with Gasteiger partial charge in [0.05, 0.1) is 31.5 Å². The third-order valence-corrected chi connectivity index (χ3v) is 4.91. The van der Waals surface area contributed by atoms with Gasteiger partial charge in [-0.25, -0.2) is 4.68 Å². The molecule has 0 aliphatic carbocycles. The van der Waals surface area contributed by atoms with E-state index in [9.17, 15) is 14.7 Å². The fourth-order valence-electron chi connectivity index (χ4n) is 3.15. The Hall–Kier alpha value is -3.98. The first-order valence-electron chi connectivity index (χ1n) is 9.05. The molecule has 10 heteroatoms. The maximum Gasteiger partial charge on any atom is 0.266 e. The molecule has 0 atom stereocenters. The number of halogens is 1. The second-order valence-corrected chi connectivity index (χ2v) is 6.93. The van der Waals surface area contributed by atoms with Crippen molar-refractivity contribution >= 4 is 34.2 Å². The van der Waals surface area contributed by atoms with Gasteiger partial charge in [0, 0.05) is 16.8 Å². The number of aromatic nitrogens is 3. The van der Waals surface area contributed by atoms with Gasteiger partial charge in [0.25, 0.3) is 11.5 Å². The number of fused-ring (bicyclic) bond motifs is 1. The van der Waals surface area contributed by atoms with Crippen molar-refractivity contribution < 1.29 is 19.4 Å². The average Bonchev–Trinajstić information content (AvgIpc) is 3.18. The van der Waals surface area contributed by atoms with E-state index >= 15 is 0 Å². The van der Waals surface area contributed by atoms with E-state index in [1.807, 2.05) is 0 Å². The summed E-state index contributed by atoms with van der Waals surface area (Å²) in [6, 6.07) is 11.5. The van der Waals surface area contributed by atoms with Crippen molar-refractivity contribution in [2.24, 2.45) is 0 Å². The maximum atomic E-state index is 12.8. The van der Waals surface area contributed by atoms with Gasteiger partial charge >= 0.3 is 0 Å². The van der Waals surface area contributed by atoms with E-state index in [4.69, 9.17) is 21.1 Å². The number of nitrogens with zero attached hydrogens (tertiary/aromatic N) is 2. The number of rotatable bonds is 5. The summed E-state index contributed by atoms with van der Waals surface area (Å²) in [4.78, 5) is 28.0. The monoisotopic (exact) mass is 440 g/mol. The van der Waals surface area contributed by atoms with E-state index in [0.717, 1.165) is 0 Å². The van der Waals surface area contributed by atoms with Gasteiger partial charge in [0.1, 0.15) is 17.0 Å². The zero-order valence-corrected chi connectivity index (χ0v) is 17.2. The molecular formula is C21H17ClN4O5. The highest BCUT2D eigenvalue weighted by molar-refractivity contribution is 6.30. The molecule has 0 radical (unpaired) electrons. The standard InChI is InChI=1S/C21H17ClN4O5/c1-30-15-8-5-12(9-16(15)31-2)24-20(28)17-18(27)14-10-23-26(19(14)25-21(17)29)13-6-3-11(22)4-7-13/h3-10H,1-2H3,(H,24,28)(H2,25,27,29). The van der Waals surface area contributed by atoms with Crippen molar-refractivity contribution in [3.8, 4) is 22.9 Å². The number of aromatic amines is 1. The Labute approximate surface area is 180 Å². The van der Waals surface area contributed by atoms with E-state index in [2.05, 4.69) is 15.4 Å². The van der Waals surface area contributed by atoms with Crippen LogP contribution in [-0.4, -0.2) is 40.0 Å². The van der Waals surface area contributed by atoms with Crippen LogP contribution in [0.5, 0.6) is 17.2 Å². The number of methoxy groups -OCH3 is 2.